The van der Waals surface area contributed by atoms with Gasteiger partial charge in [0.1, 0.15) is 0 Å². The van der Waals surface area contributed by atoms with Crippen LogP contribution in [0, 0.1) is 6.42 Å². The van der Waals surface area contributed by atoms with Gasteiger partial charge in [-0.05, 0) is 0 Å². The van der Waals surface area contributed by atoms with Gasteiger partial charge in [0.15, 0.2) is 0 Å². The summed E-state index contributed by atoms with van der Waals surface area (Å²) in [4.78, 5) is 0. The molecule has 0 unspecified atom stereocenters. The van der Waals surface area contributed by atoms with E-state index in [0.717, 1.165) is 0 Å². The Bertz CT molecular complexity index is 6.85. The molecule has 1 nitrogen and oxygen atoms in total. The maximum absolute atomic E-state index is 2.00. The van der Waals surface area contributed by atoms with Gasteiger partial charge >= 0.3 is 0 Å². The van der Waals surface area contributed by atoms with Gasteiger partial charge in [-0.2, -0.15) is 13.8 Å². The summed E-state index contributed by atoms with van der Waals surface area (Å²) in [6.07, 6.45) is 2.00. The molecule has 0 aromatic rings. The molecule has 0 spiro atoms. The van der Waals surface area contributed by atoms with Crippen LogP contribution in [0.2, 0.25) is 0 Å². The third-order valence-corrected chi connectivity index (χ3v) is 0. The van der Waals surface area contributed by atoms with E-state index in [1.165, 1.54) is 0 Å². The van der Waals surface area contributed by atoms with Crippen LogP contribution in [-0.2, 0) is 22.4 Å². The van der Waals surface area contributed by atoms with Gasteiger partial charge in [-0.1, -0.05) is 0 Å². The van der Waals surface area contributed by atoms with Crippen molar-refractivity contribution in [3.63, 3.8) is 0 Å². The topological polar surface area (TPSA) is 31.5 Å². The fraction of sp³-hybridized carbons (Fsp3) is 0.667. The van der Waals surface area contributed by atoms with Crippen molar-refractivity contribution in [1.29, 1.82) is 0 Å². The average molecular weight is 242 g/mol. The van der Waals surface area contributed by atoms with Crippen molar-refractivity contribution in [3.8, 4) is 0 Å². The molecule has 0 aliphatic heterocycles. The van der Waals surface area contributed by atoms with E-state index in [1.807, 2.05) is 20.3 Å². The molecule has 0 rings (SSSR count). The van der Waals surface area contributed by atoms with Gasteiger partial charge in [-0.25, -0.2) is 0 Å². The molecular weight excluding hydrogens is 233 g/mol. The van der Waals surface area contributed by atoms with Crippen LogP contribution in [0.3, 0.4) is 0 Å². The zero-order valence-electron chi connectivity index (χ0n) is 3.52. The van der Waals surface area contributed by atoms with Crippen LogP contribution in [0.5, 0.6) is 0 Å². The number of hydrogen-bond donors (Lipinski definition) is 0. The average Bonchev–Trinajstić information content (AvgIpc) is 0.918. The summed E-state index contributed by atoms with van der Waals surface area (Å²) >= 11 is 0. The van der Waals surface area contributed by atoms with Crippen LogP contribution in [0.15, 0.2) is 0 Å². The van der Waals surface area contributed by atoms with Gasteiger partial charge in [0.05, 0.1) is 0 Å². The molecule has 0 aromatic heterocycles. The fourth-order valence-corrected chi connectivity index (χ4v) is 0. The van der Waals surface area contributed by atoms with Gasteiger partial charge in [0.2, 0.25) is 0 Å². The van der Waals surface area contributed by atoms with Gasteiger partial charge in [0.25, 0.3) is 0 Å². The van der Waals surface area contributed by atoms with E-state index in [4.69, 9.17) is 0 Å². The largest absolute Gasteiger partial charge is 0.412 e. The van der Waals surface area contributed by atoms with Crippen LogP contribution in [0.4, 0.5) is 0 Å². The van der Waals surface area contributed by atoms with Crippen molar-refractivity contribution in [2.24, 2.45) is 0 Å². The minimum Gasteiger partial charge on any atom is -0.412 e. The maximum atomic E-state index is 2.00. The first-order valence-electron chi connectivity index (χ1n) is 1.15. The Balaban J connectivity index is -0.0000000200. The molecule has 0 atom stereocenters. The molecule has 0 saturated heterocycles. The molecule has 0 aliphatic carbocycles. The first-order chi connectivity index (χ1) is 1.41. The normalized spacial score (nSPS) is 3.60. The van der Waals surface area contributed by atoms with Gasteiger partial charge in [0, 0.05) is 22.4 Å². The molecule has 0 aliphatic rings. The molecule has 2 heteroatoms. The third kappa shape index (κ3) is 69.9. The molecule has 5 heavy (non-hydrogen) atoms. The van der Waals surface area contributed by atoms with E-state index in [-0.39, 0.29) is 27.9 Å². The Hall–Kier alpha value is 0.700. The molecular formula is C3H9OTa-. The standard InChI is InChI=1S/C3H7.H2O.Ta/c1-3-2;;/h3H,1-2H3;1H2;/q-1;;. The zero-order valence-corrected chi connectivity index (χ0v) is 6.74. The number of hydrogen-bond acceptors (Lipinski definition) is 0. The van der Waals surface area contributed by atoms with Crippen LogP contribution in [0.1, 0.15) is 13.8 Å². The van der Waals surface area contributed by atoms with Gasteiger partial charge < -0.3 is 11.9 Å². The Morgan fingerprint density at radius 1 is 1.20 bits per heavy atom. The molecule has 1 radical (unpaired) electrons. The van der Waals surface area contributed by atoms with Crippen molar-refractivity contribution in [3.05, 3.63) is 6.42 Å². The Kier molecular flexibility index (Phi) is 76.9. The van der Waals surface area contributed by atoms with E-state index >= 15 is 0 Å². The molecule has 0 aromatic carbocycles. The molecule has 0 saturated carbocycles. The Labute approximate surface area is 48.6 Å². The summed E-state index contributed by atoms with van der Waals surface area (Å²) in [5.74, 6) is 0. The molecule has 0 heterocycles. The number of rotatable bonds is 0. The van der Waals surface area contributed by atoms with Crippen LogP contribution in [0.25, 0.3) is 0 Å². The molecule has 0 bridgehead atoms. The molecule has 0 fully saturated rings. The smallest absolute Gasteiger partial charge is 0 e. The quantitative estimate of drug-likeness (QED) is 0.551. The summed E-state index contributed by atoms with van der Waals surface area (Å²) in [5.41, 5.74) is 0. The van der Waals surface area contributed by atoms with Crippen molar-refractivity contribution >= 4 is 0 Å². The van der Waals surface area contributed by atoms with Gasteiger partial charge in [-0.15, -0.1) is 0 Å². The van der Waals surface area contributed by atoms with Crippen molar-refractivity contribution in [1.82, 2.24) is 0 Å². The predicted molar refractivity (Wildman–Crippen MR) is 19.3 cm³/mol. The van der Waals surface area contributed by atoms with Crippen molar-refractivity contribution in [2.45, 2.75) is 13.8 Å². The zero-order chi connectivity index (χ0) is 2.71. The first-order valence-corrected chi connectivity index (χ1v) is 1.15. The summed E-state index contributed by atoms with van der Waals surface area (Å²) < 4.78 is 0. The Morgan fingerprint density at radius 3 is 1.20 bits per heavy atom. The van der Waals surface area contributed by atoms with Crippen molar-refractivity contribution < 1.29 is 27.9 Å². The summed E-state index contributed by atoms with van der Waals surface area (Å²) in [6, 6.07) is 0. The van der Waals surface area contributed by atoms with E-state index in [1.54, 1.807) is 0 Å². The first kappa shape index (κ1) is 17.3. The van der Waals surface area contributed by atoms with Gasteiger partial charge in [-0.3, -0.25) is 0 Å². The molecule has 33 valence electrons. The van der Waals surface area contributed by atoms with E-state index in [0.29, 0.717) is 0 Å². The summed E-state index contributed by atoms with van der Waals surface area (Å²) in [7, 11) is 0. The minimum absolute atomic E-state index is 0. The summed E-state index contributed by atoms with van der Waals surface area (Å²) in [5, 5.41) is 0. The second-order valence-electron chi connectivity index (χ2n) is 0.577. The van der Waals surface area contributed by atoms with E-state index in [9.17, 15) is 0 Å². The molecule has 2 N–H and O–H groups in total. The SMILES string of the molecule is C[CH-]C.O.[Ta]. The summed E-state index contributed by atoms with van der Waals surface area (Å²) in [6.45, 7) is 4.00. The molecule has 0 amide bonds. The second-order valence-corrected chi connectivity index (χ2v) is 0.577. The fourth-order valence-electron chi connectivity index (χ4n) is 0. The van der Waals surface area contributed by atoms with E-state index < -0.39 is 0 Å². The van der Waals surface area contributed by atoms with Crippen LogP contribution in [-0.4, -0.2) is 5.48 Å². The van der Waals surface area contributed by atoms with E-state index in [2.05, 4.69) is 0 Å². The Morgan fingerprint density at radius 2 is 1.20 bits per heavy atom. The van der Waals surface area contributed by atoms with Crippen LogP contribution < -0.4 is 0 Å². The predicted octanol–water partition coefficient (Wildman–Crippen LogP) is 0.403. The maximum Gasteiger partial charge on any atom is 0 e. The third-order valence-electron chi connectivity index (χ3n) is 0. The van der Waals surface area contributed by atoms with Crippen molar-refractivity contribution in [2.75, 3.05) is 0 Å². The second kappa shape index (κ2) is 22.3. The minimum atomic E-state index is 0. The van der Waals surface area contributed by atoms with Crippen LogP contribution >= 0.6 is 0 Å². The monoisotopic (exact) mass is 242 g/mol.